The minimum absolute atomic E-state index is 0.157. The van der Waals surface area contributed by atoms with Crippen molar-refractivity contribution in [2.75, 3.05) is 13.7 Å². The molecule has 1 N–H and O–H groups in total. The van der Waals surface area contributed by atoms with Gasteiger partial charge in [0.05, 0.1) is 7.11 Å². The maximum absolute atomic E-state index is 11.1. The van der Waals surface area contributed by atoms with Crippen molar-refractivity contribution in [1.82, 2.24) is 5.32 Å². The van der Waals surface area contributed by atoms with Crippen molar-refractivity contribution in [1.29, 1.82) is 0 Å². The highest BCUT2D eigenvalue weighted by molar-refractivity contribution is 5.69. The SMILES string of the molecule is COC(=O)CC/C1=C/NC/C=C\C=C/C1C. The standard InChI is InChI=1S/C13H19NO2/c1-11-6-4-3-5-9-14-10-12(11)7-8-13(15)16-2/h3-6,10-11,14H,7-9H2,1-2H3/b5-3-,6-4-,12-10-. The Balaban J connectivity index is 2.57. The first kappa shape index (κ1) is 12.6. The number of hydrogen-bond acceptors (Lipinski definition) is 3. The van der Waals surface area contributed by atoms with Gasteiger partial charge in [-0.05, 0) is 24.1 Å². The fraction of sp³-hybridized carbons (Fsp3) is 0.462. The molecule has 0 aliphatic carbocycles. The third-order valence-electron chi connectivity index (χ3n) is 2.60. The largest absolute Gasteiger partial charge is 0.469 e. The van der Waals surface area contributed by atoms with Crippen LogP contribution >= 0.6 is 0 Å². The molecular formula is C13H19NO2. The van der Waals surface area contributed by atoms with Crippen LogP contribution in [0.3, 0.4) is 0 Å². The lowest BCUT2D eigenvalue weighted by molar-refractivity contribution is -0.140. The van der Waals surface area contributed by atoms with Gasteiger partial charge in [0.15, 0.2) is 0 Å². The zero-order chi connectivity index (χ0) is 11.8. The minimum atomic E-state index is -0.157. The number of esters is 1. The van der Waals surface area contributed by atoms with E-state index in [1.807, 2.05) is 18.4 Å². The lowest BCUT2D eigenvalue weighted by atomic mass is 9.97. The topological polar surface area (TPSA) is 38.3 Å². The summed E-state index contributed by atoms with van der Waals surface area (Å²) in [7, 11) is 1.42. The molecule has 0 aromatic heterocycles. The maximum Gasteiger partial charge on any atom is 0.305 e. The summed E-state index contributed by atoms with van der Waals surface area (Å²) in [6.07, 6.45) is 11.5. The molecule has 0 spiro atoms. The molecule has 1 rings (SSSR count). The van der Waals surface area contributed by atoms with Crippen LogP contribution in [0.25, 0.3) is 0 Å². The fourth-order valence-corrected chi connectivity index (χ4v) is 1.54. The molecule has 1 aliphatic rings. The molecule has 1 heterocycles. The summed E-state index contributed by atoms with van der Waals surface area (Å²) >= 11 is 0. The van der Waals surface area contributed by atoms with Crippen molar-refractivity contribution in [3.8, 4) is 0 Å². The third-order valence-corrected chi connectivity index (χ3v) is 2.60. The smallest absolute Gasteiger partial charge is 0.305 e. The van der Waals surface area contributed by atoms with Crippen molar-refractivity contribution in [2.45, 2.75) is 19.8 Å². The highest BCUT2D eigenvalue weighted by Crippen LogP contribution is 2.18. The average molecular weight is 221 g/mol. The second kappa shape index (κ2) is 6.88. The summed E-state index contributed by atoms with van der Waals surface area (Å²) in [5, 5.41) is 3.21. The van der Waals surface area contributed by atoms with Crippen LogP contribution < -0.4 is 5.32 Å². The lowest BCUT2D eigenvalue weighted by Gasteiger charge is -2.12. The van der Waals surface area contributed by atoms with Crippen molar-refractivity contribution >= 4 is 5.97 Å². The quantitative estimate of drug-likeness (QED) is 0.742. The van der Waals surface area contributed by atoms with Crippen LogP contribution in [-0.4, -0.2) is 19.6 Å². The molecule has 16 heavy (non-hydrogen) atoms. The molecule has 3 heteroatoms. The summed E-state index contributed by atoms with van der Waals surface area (Å²) in [6.45, 7) is 2.94. The summed E-state index contributed by atoms with van der Waals surface area (Å²) in [4.78, 5) is 11.1. The van der Waals surface area contributed by atoms with E-state index < -0.39 is 0 Å². The number of nitrogens with one attached hydrogen (secondary N) is 1. The van der Waals surface area contributed by atoms with Gasteiger partial charge >= 0.3 is 5.97 Å². The first-order valence-electron chi connectivity index (χ1n) is 5.56. The van der Waals surface area contributed by atoms with Crippen LogP contribution in [0.4, 0.5) is 0 Å². The van der Waals surface area contributed by atoms with E-state index in [0.29, 0.717) is 12.3 Å². The minimum Gasteiger partial charge on any atom is -0.469 e. The normalized spacial score (nSPS) is 27.4. The van der Waals surface area contributed by atoms with Gasteiger partial charge in [0, 0.05) is 13.0 Å². The second-order valence-corrected chi connectivity index (χ2v) is 3.81. The number of ether oxygens (including phenoxy) is 1. The van der Waals surface area contributed by atoms with Gasteiger partial charge in [-0.3, -0.25) is 4.79 Å². The van der Waals surface area contributed by atoms with E-state index in [-0.39, 0.29) is 5.97 Å². The van der Waals surface area contributed by atoms with E-state index in [9.17, 15) is 4.79 Å². The molecule has 0 aromatic rings. The van der Waals surface area contributed by atoms with E-state index in [2.05, 4.69) is 29.1 Å². The number of rotatable bonds is 3. The van der Waals surface area contributed by atoms with Crippen LogP contribution in [0.1, 0.15) is 19.8 Å². The monoisotopic (exact) mass is 221 g/mol. The number of carbonyl (C=O) groups excluding carboxylic acids is 1. The molecule has 0 bridgehead atoms. The zero-order valence-corrected chi connectivity index (χ0v) is 9.90. The Morgan fingerprint density at radius 3 is 3.12 bits per heavy atom. The molecule has 1 unspecified atom stereocenters. The Morgan fingerprint density at radius 2 is 2.38 bits per heavy atom. The first-order valence-corrected chi connectivity index (χ1v) is 5.56. The lowest BCUT2D eigenvalue weighted by Crippen LogP contribution is -2.09. The molecular weight excluding hydrogens is 202 g/mol. The Morgan fingerprint density at radius 1 is 1.56 bits per heavy atom. The van der Waals surface area contributed by atoms with E-state index in [4.69, 9.17) is 0 Å². The molecule has 0 aromatic carbocycles. The van der Waals surface area contributed by atoms with Gasteiger partial charge in [0.1, 0.15) is 0 Å². The number of allylic oxidation sites excluding steroid dienone is 4. The molecule has 0 fully saturated rings. The van der Waals surface area contributed by atoms with Gasteiger partial charge in [-0.2, -0.15) is 0 Å². The number of methoxy groups -OCH3 is 1. The Hall–Kier alpha value is -1.51. The van der Waals surface area contributed by atoms with Gasteiger partial charge in [-0.1, -0.05) is 31.2 Å². The van der Waals surface area contributed by atoms with Crippen molar-refractivity contribution in [3.63, 3.8) is 0 Å². The fourth-order valence-electron chi connectivity index (χ4n) is 1.54. The van der Waals surface area contributed by atoms with Crippen molar-refractivity contribution in [2.24, 2.45) is 5.92 Å². The van der Waals surface area contributed by atoms with E-state index >= 15 is 0 Å². The first-order chi connectivity index (χ1) is 7.74. The van der Waals surface area contributed by atoms with Crippen LogP contribution in [-0.2, 0) is 9.53 Å². The van der Waals surface area contributed by atoms with Crippen LogP contribution in [0, 0.1) is 5.92 Å². The molecule has 88 valence electrons. The highest BCUT2D eigenvalue weighted by atomic mass is 16.5. The third kappa shape index (κ3) is 4.34. The maximum atomic E-state index is 11.1. The van der Waals surface area contributed by atoms with Gasteiger partial charge in [0.2, 0.25) is 0 Å². The molecule has 0 radical (unpaired) electrons. The summed E-state index contributed by atoms with van der Waals surface area (Å²) in [5.74, 6) is 0.190. The Kier molecular flexibility index (Phi) is 5.40. The second-order valence-electron chi connectivity index (χ2n) is 3.81. The number of hydrogen-bond donors (Lipinski definition) is 1. The summed E-state index contributed by atoms with van der Waals surface area (Å²) < 4.78 is 4.64. The average Bonchev–Trinajstić information content (AvgIpc) is 2.39. The van der Waals surface area contributed by atoms with Gasteiger partial charge in [-0.15, -0.1) is 0 Å². The van der Waals surface area contributed by atoms with Crippen molar-refractivity contribution in [3.05, 3.63) is 36.1 Å². The predicted molar refractivity (Wildman–Crippen MR) is 64.8 cm³/mol. The molecule has 0 saturated heterocycles. The molecule has 3 nitrogen and oxygen atoms in total. The van der Waals surface area contributed by atoms with Gasteiger partial charge in [-0.25, -0.2) is 0 Å². The zero-order valence-electron chi connectivity index (χ0n) is 9.90. The van der Waals surface area contributed by atoms with Crippen molar-refractivity contribution < 1.29 is 9.53 Å². The summed E-state index contributed by atoms with van der Waals surface area (Å²) in [6, 6.07) is 0. The van der Waals surface area contributed by atoms with Gasteiger partial charge in [0.25, 0.3) is 0 Å². The summed E-state index contributed by atoms with van der Waals surface area (Å²) in [5.41, 5.74) is 1.23. The molecule has 0 saturated carbocycles. The Labute approximate surface area is 96.9 Å². The van der Waals surface area contributed by atoms with E-state index in [1.165, 1.54) is 12.7 Å². The predicted octanol–water partition coefficient (Wildman–Crippen LogP) is 2.18. The van der Waals surface area contributed by atoms with Crippen LogP contribution in [0.5, 0.6) is 0 Å². The van der Waals surface area contributed by atoms with Crippen LogP contribution in [0.2, 0.25) is 0 Å². The number of carbonyl (C=O) groups is 1. The van der Waals surface area contributed by atoms with Crippen LogP contribution in [0.15, 0.2) is 36.1 Å². The molecule has 0 amide bonds. The van der Waals surface area contributed by atoms with E-state index in [1.54, 1.807) is 0 Å². The Bertz CT molecular complexity index is 316. The molecule has 1 atom stereocenters. The molecule has 1 aliphatic heterocycles. The van der Waals surface area contributed by atoms with E-state index in [0.717, 1.165) is 13.0 Å². The highest BCUT2D eigenvalue weighted by Gasteiger charge is 2.09. The van der Waals surface area contributed by atoms with Gasteiger partial charge < -0.3 is 10.1 Å².